The van der Waals surface area contributed by atoms with Crippen LogP contribution in [-0.2, 0) is 0 Å². The fraction of sp³-hybridized carbons (Fsp3) is 0.429. The summed E-state index contributed by atoms with van der Waals surface area (Å²) in [5.74, 6) is -0.00190. The molecule has 5 nitrogen and oxygen atoms in total. The van der Waals surface area contributed by atoms with Gasteiger partial charge in [-0.25, -0.2) is 0 Å². The van der Waals surface area contributed by atoms with Crippen LogP contribution in [0.4, 0.5) is 11.4 Å². The largest absolute Gasteiger partial charge is 0.385 e. The first-order valence-corrected chi connectivity index (χ1v) is 10.0. The first-order chi connectivity index (χ1) is 13.2. The Morgan fingerprint density at radius 1 is 1.15 bits per heavy atom. The first-order valence-electron chi connectivity index (χ1n) is 9.67. The molecule has 0 saturated carbocycles. The highest BCUT2D eigenvalue weighted by Gasteiger charge is 2.23. The number of anilines is 2. The summed E-state index contributed by atoms with van der Waals surface area (Å²) in [5.41, 5.74) is 2.57. The smallest absolute Gasteiger partial charge is 0.272 e. The van der Waals surface area contributed by atoms with E-state index >= 15 is 0 Å². The van der Waals surface area contributed by atoms with E-state index in [0.717, 1.165) is 42.5 Å². The van der Waals surface area contributed by atoms with E-state index in [1.807, 2.05) is 35.2 Å². The van der Waals surface area contributed by atoms with Crippen LogP contribution in [0.1, 0.15) is 36.7 Å². The highest BCUT2D eigenvalue weighted by Crippen LogP contribution is 2.21. The van der Waals surface area contributed by atoms with Gasteiger partial charge in [0, 0.05) is 55.3 Å². The molecule has 0 spiro atoms. The number of hydrogen-bond acceptors (Lipinski definition) is 4. The zero-order valence-electron chi connectivity index (χ0n) is 15.8. The molecule has 6 heteroatoms. The van der Waals surface area contributed by atoms with Crippen molar-refractivity contribution in [3.63, 3.8) is 0 Å². The maximum absolute atomic E-state index is 12.8. The Morgan fingerprint density at radius 3 is 2.70 bits per heavy atom. The predicted molar refractivity (Wildman–Crippen MR) is 112 cm³/mol. The van der Waals surface area contributed by atoms with Crippen molar-refractivity contribution in [1.29, 1.82) is 0 Å². The van der Waals surface area contributed by atoms with Gasteiger partial charge in [0.1, 0.15) is 5.69 Å². The van der Waals surface area contributed by atoms with Crippen LogP contribution >= 0.6 is 11.6 Å². The molecule has 144 valence electrons. The van der Waals surface area contributed by atoms with Crippen molar-refractivity contribution in [2.24, 2.45) is 0 Å². The Bertz CT molecular complexity index is 759. The number of hydrogen-bond donors (Lipinski definition) is 1. The van der Waals surface area contributed by atoms with Crippen molar-refractivity contribution in [2.45, 2.75) is 26.2 Å². The normalized spacial score (nSPS) is 14.3. The third-order valence-electron chi connectivity index (χ3n) is 4.83. The van der Waals surface area contributed by atoms with Crippen molar-refractivity contribution >= 4 is 28.9 Å². The van der Waals surface area contributed by atoms with Crippen molar-refractivity contribution in [1.82, 2.24) is 9.88 Å². The average Bonchev–Trinajstić information content (AvgIpc) is 2.71. The van der Waals surface area contributed by atoms with Crippen LogP contribution in [0.3, 0.4) is 0 Å². The molecular weight excluding hydrogens is 360 g/mol. The lowest BCUT2D eigenvalue weighted by molar-refractivity contribution is 0.0741. The van der Waals surface area contributed by atoms with Gasteiger partial charge >= 0.3 is 0 Å². The number of amides is 1. The number of piperazine rings is 1. The number of unbranched alkanes of at least 4 members (excludes halogenated alkanes) is 2. The second kappa shape index (κ2) is 9.60. The Hall–Kier alpha value is -2.27. The fourth-order valence-electron chi connectivity index (χ4n) is 3.27. The summed E-state index contributed by atoms with van der Waals surface area (Å²) < 4.78 is 0. The second-order valence-corrected chi connectivity index (χ2v) is 7.26. The predicted octanol–water partition coefficient (Wildman–Crippen LogP) is 4.30. The summed E-state index contributed by atoms with van der Waals surface area (Å²) in [4.78, 5) is 21.2. The van der Waals surface area contributed by atoms with Gasteiger partial charge in [0.2, 0.25) is 0 Å². The molecule has 1 fully saturated rings. The summed E-state index contributed by atoms with van der Waals surface area (Å²) in [6.45, 7) is 6.06. The van der Waals surface area contributed by atoms with E-state index < -0.39 is 0 Å². The molecule has 0 unspecified atom stereocenters. The molecule has 27 heavy (non-hydrogen) atoms. The fourth-order valence-corrected chi connectivity index (χ4v) is 3.45. The number of nitrogens with one attached hydrogen (secondary N) is 1. The number of benzene rings is 1. The minimum Gasteiger partial charge on any atom is -0.385 e. The van der Waals surface area contributed by atoms with Crippen LogP contribution in [0.2, 0.25) is 5.02 Å². The molecule has 0 aliphatic carbocycles. The molecule has 1 amide bonds. The number of carbonyl (C=O) groups is 1. The summed E-state index contributed by atoms with van der Waals surface area (Å²) in [7, 11) is 0. The lowest BCUT2D eigenvalue weighted by Gasteiger charge is -2.36. The number of carbonyl (C=O) groups excluding carboxylic acids is 1. The van der Waals surface area contributed by atoms with Crippen molar-refractivity contribution in [3.8, 4) is 0 Å². The summed E-state index contributed by atoms with van der Waals surface area (Å²) in [6, 6.07) is 11.6. The zero-order valence-corrected chi connectivity index (χ0v) is 16.6. The molecule has 1 aromatic carbocycles. The van der Waals surface area contributed by atoms with Gasteiger partial charge in [-0.15, -0.1) is 0 Å². The lowest BCUT2D eigenvalue weighted by atomic mass is 10.2. The molecule has 2 heterocycles. The van der Waals surface area contributed by atoms with Gasteiger partial charge in [-0.3, -0.25) is 9.78 Å². The van der Waals surface area contributed by atoms with Crippen LogP contribution in [0.25, 0.3) is 0 Å². The van der Waals surface area contributed by atoms with E-state index in [1.165, 1.54) is 12.8 Å². The Morgan fingerprint density at radius 2 is 1.96 bits per heavy atom. The Balaban J connectivity index is 1.56. The van der Waals surface area contributed by atoms with E-state index in [9.17, 15) is 4.79 Å². The van der Waals surface area contributed by atoms with Gasteiger partial charge in [-0.1, -0.05) is 37.4 Å². The minimum atomic E-state index is -0.00190. The number of nitrogens with zero attached hydrogens (tertiary/aromatic N) is 3. The number of pyridine rings is 1. The topological polar surface area (TPSA) is 48.5 Å². The van der Waals surface area contributed by atoms with Gasteiger partial charge in [0.25, 0.3) is 5.91 Å². The van der Waals surface area contributed by atoms with E-state index in [2.05, 4.69) is 28.2 Å². The van der Waals surface area contributed by atoms with E-state index in [1.54, 1.807) is 6.20 Å². The molecule has 3 rings (SSSR count). The molecule has 0 radical (unpaired) electrons. The molecule has 2 aromatic rings. The first kappa shape index (κ1) is 19.5. The number of rotatable bonds is 7. The van der Waals surface area contributed by atoms with Gasteiger partial charge < -0.3 is 15.1 Å². The SMILES string of the molecule is CCCCCNc1ccnc(C(=O)N2CCN(c3cccc(Cl)c3)CC2)c1. The van der Waals surface area contributed by atoms with Gasteiger partial charge in [-0.05, 0) is 36.8 Å². The summed E-state index contributed by atoms with van der Waals surface area (Å²) in [6.07, 6.45) is 5.24. The molecule has 0 bridgehead atoms. The molecule has 1 saturated heterocycles. The maximum atomic E-state index is 12.8. The highest BCUT2D eigenvalue weighted by molar-refractivity contribution is 6.30. The molecule has 1 N–H and O–H groups in total. The zero-order chi connectivity index (χ0) is 19.1. The molecule has 1 aliphatic heterocycles. The standard InChI is InChI=1S/C21H27ClN4O/c1-2-3-4-9-23-18-8-10-24-20(16-18)21(27)26-13-11-25(12-14-26)19-7-5-6-17(22)15-19/h5-8,10,15-16H,2-4,9,11-14H2,1H3,(H,23,24). The van der Waals surface area contributed by atoms with Crippen LogP contribution in [0.15, 0.2) is 42.6 Å². The Kier molecular flexibility index (Phi) is 6.93. The van der Waals surface area contributed by atoms with Crippen molar-refractivity contribution < 1.29 is 4.79 Å². The van der Waals surface area contributed by atoms with E-state index in [-0.39, 0.29) is 5.91 Å². The molecule has 1 aliphatic rings. The van der Waals surface area contributed by atoms with Crippen molar-refractivity contribution in [2.75, 3.05) is 42.9 Å². The summed E-state index contributed by atoms with van der Waals surface area (Å²) >= 11 is 6.09. The maximum Gasteiger partial charge on any atom is 0.272 e. The second-order valence-electron chi connectivity index (χ2n) is 6.82. The molecular formula is C21H27ClN4O. The Labute approximate surface area is 166 Å². The third kappa shape index (κ3) is 5.36. The van der Waals surface area contributed by atoms with Crippen LogP contribution in [-0.4, -0.2) is 48.5 Å². The van der Waals surface area contributed by atoms with E-state index in [0.29, 0.717) is 18.8 Å². The average molecular weight is 387 g/mol. The minimum absolute atomic E-state index is 0.00190. The molecule has 1 aromatic heterocycles. The van der Waals surface area contributed by atoms with Crippen LogP contribution in [0, 0.1) is 0 Å². The highest BCUT2D eigenvalue weighted by atomic mass is 35.5. The summed E-state index contributed by atoms with van der Waals surface area (Å²) in [5, 5.41) is 4.11. The third-order valence-corrected chi connectivity index (χ3v) is 5.06. The van der Waals surface area contributed by atoms with E-state index in [4.69, 9.17) is 11.6 Å². The van der Waals surface area contributed by atoms with Crippen LogP contribution < -0.4 is 10.2 Å². The van der Waals surface area contributed by atoms with Gasteiger partial charge in [0.15, 0.2) is 0 Å². The molecule has 0 atom stereocenters. The van der Waals surface area contributed by atoms with Gasteiger partial charge in [-0.2, -0.15) is 0 Å². The number of halogens is 1. The monoisotopic (exact) mass is 386 g/mol. The quantitative estimate of drug-likeness (QED) is 0.721. The van der Waals surface area contributed by atoms with Gasteiger partial charge in [0.05, 0.1) is 0 Å². The van der Waals surface area contributed by atoms with Crippen LogP contribution in [0.5, 0.6) is 0 Å². The van der Waals surface area contributed by atoms with Crippen molar-refractivity contribution in [3.05, 3.63) is 53.3 Å². The lowest BCUT2D eigenvalue weighted by Crippen LogP contribution is -2.49. The number of aromatic nitrogens is 1.